The minimum atomic E-state index is -0.253. The van der Waals surface area contributed by atoms with Crippen molar-refractivity contribution in [2.75, 3.05) is 19.6 Å². The molecule has 0 bridgehead atoms. The number of carbonyl (C=O) groups excluding carboxylic acids is 3. The molecule has 0 saturated carbocycles. The fourth-order valence-corrected chi connectivity index (χ4v) is 6.15. The summed E-state index contributed by atoms with van der Waals surface area (Å²) in [5, 5.41) is 3.48. The first-order valence-electron chi connectivity index (χ1n) is 11.2. The molecule has 0 radical (unpaired) electrons. The van der Waals surface area contributed by atoms with Gasteiger partial charge in [0.05, 0.1) is 18.6 Å². The summed E-state index contributed by atoms with van der Waals surface area (Å²) in [7, 11) is 0. The van der Waals surface area contributed by atoms with Crippen LogP contribution >= 0.6 is 0 Å². The predicted octanol–water partition coefficient (Wildman–Crippen LogP) is 1.87. The summed E-state index contributed by atoms with van der Waals surface area (Å²) < 4.78 is 0. The summed E-state index contributed by atoms with van der Waals surface area (Å²) in [5.74, 6) is 0.634. The topological polar surface area (TPSA) is 69.7 Å². The summed E-state index contributed by atoms with van der Waals surface area (Å²) in [6.07, 6.45) is 5.67. The molecule has 158 valence electrons. The van der Waals surface area contributed by atoms with E-state index < -0.39 is 0 Å². The fraction of sp³-hybridized carbons (Fsp3) is 0.864. The van der Waals surface area contributed by atoms with Crippen LogP contribution in [0.3, 0.4) is 0 Å². The van der Waals surface area contributed by atoms with E-state index in [1.54, 1.807) is 4.90 Å². The monoisotopic (exact) mass is 391 g/mol. The zero-order valence-electron chi connectivity index (χ0n) is 17.9. The maximum Gasteiger partial charge on any atom is 0.237 e. The number of nitrogens with one attached hydrogen (secondary N) is 1. The smallest absolute Gasteiger partial charge is 0.237 e. The normalized spacial score (nSPS) is 39.1. The minimum Gasteiger partial charge on any atom is -0.332 e. The van der Waals surface area contributed by atoms with Gasteiger partial charge in [-0.1, -0.05) is 20.3 Å². The van der Waals surface area contributed by atoms with Gasteiger partial charge in [-0.3, -0.25) is 14.5 Å². The Hall–Kier alpha value is -1.27. The summed E-state index contributed by atoms with van der Waals surface area (Å²) in [6.45, 7) is 10.5. The quantitative estimate of drug-likeness (QED) is 0.741. The molecule has 7 atom stereocenters. The van der Waals surface area contributed by atoms with Crippen molar-refractivity contribution in [1.82, 2.24) is 15.1 Å². The van der Waals surface area contributed by atoms with Crippen LogP contribution in [0.2, 0.25) is 0 Å². The van der Waals surface area contributed by atoms with Crippen LogP contribution in [-0.4, -0.2) is 71.6 Å². The van der Waals surface area contributed by atoms with Crippen LogP contribution in [0.5, 0.6) is 0 Å². The average molecular weight is 392 g/mol. The molecule has 3 rings (SSSR count). The maximum atomic E-state index is 13.4. The molecule has 0 spiro atoms. The van der Waals surface area contributed by atoms with E-state index in [1.807, 2.05) is 0 Å². The third-order valence-electron chi connectivity index (χ3n) is 7.69. The highest BCUT2D eigenvalue weighted by Crippen LogP contribution is 2.37. The second-order valence-electron chi connectivity index (χ2n) is 9.08. The van der Waals surface area contributed by atoms with Crippen LogP contribution in [0.25, 0.3) is 0 Å². The van der Waals surface area contributed by atoms with E-state index in [4.69, 9.17) is 0 Å². The van der Waals surface area contributed by atoms with Crippen molar-refractivity contribution >= 4 is 18.0 Å². The number of amides is 1. The van der Waals surface area contributed by atoms with Gasteiger partial charge in [-0.2, -0.15) is 0 Å². The largest absolute Gasteiger partial charge is 0.332 e. The molecular formula is C22H37N3O3. The van der Waals surface area contributed by atoms with Crippen molar-refractivity contribution < 1.29 is 14.4 Å². The van der Waals surface area contributed by atoms with Crippen LogP contribution in [0.15, 0.2) is 0 Å². The van der Waals surface area contributed by atoms with Crippen molar-refractivity contribution in [1.29, 1.82) is 0 Å². The SMILES string of the molecule is CCC1C(C)C(=O)[C@@H]2CCCN2C(=O)CNC(C)C1C(C)N1CCC[C@H]1C=O. The molecule has 0 aromatic carbocycles. The lowest BCUT2D eigenvalue weighted by Gasteiger charge is -2.44. The lowest BCUT2D eigenvalue weighted by Crippen LogP contribution is -2.57. The van der Waals surface area contributed by atoms with Crippen LogP contribution in [0.4, 0.5) is 0 Å². The van der Waals surface area contributed by atoms with Crippen molar-refractivity contribution in [3.63, 3.8) is 0 Å². The Kier molecular flexibility index (Phi) is 6.92. The summed E-state index contributed by atoms with van der Waals surface area (Å²) in [4.78, 5) is 41.9. The molecule has 3 saturated heterocycles. The molecule has 3 heterocycles. The molecule has 0 aromatic rings. The van der Waals surface area contributed by atoms with Crippen LogP contribution in [0, 0.1) is 17.8 Å². The second-order valence-corrected chi connectivity index (χ2v) is 9.08. The lowest BCUT2D eigenvalue weighted by molar-refractivity contribution is -0.140. The Morgan fingerprint density at radius 2 is 1.89 bits per heavy atom. The Morgan fingerprint density at radius 1 is 1.18 bits per heavy atom. The van der Waals surface area contributed by atoms with Crippen LogP contribution < -0.4 is 5.32 Å². The molecule has 3 fully saturated rings. The lowest BCUT2D eigenvalue weighted by atomic mass is 9.70. The average Bonchev–Trinajstić information content (AvgIpc) is 3.36. The molecule has 6 heteroatoms. The first-order chi connectivity index (χ1) is 13.4. The highest BCUT2D eigenvalue weighted by Gasteiger charge is 2.45. The summed E-state index contributed by atoms with van der Waals surface area (Å²) in [6, 6.07) is 0.0195. The van der Waals surface area contributed by atoms with Crippen LogP contribution in [-0.2, 0) is 14.4 Å². The number of nitrogens with zero attached hydrogens (tertiary/aromatic N) is 2. The molecule has 3 aliphatic heterocycles. The van der Waals surface area contributed by atoms with Gasteiger partial charge in [-0.15, -0.1) is 0 Å². The molecule has 28 heavy (non-hydrogen) atoms. The molecule has 6 nitrogen and oxygen atoms in total. The van der Waals surface area contributed by atoms with Gasteiger partial charge in [-0.05, 0) is 57.9 Å². The zero-order chi connectivity index (χ0) is 20.4. The van der Waals surface area contributed by atoms with E-state index in [2.05, 4.69) is 37.9 Å². The van der Waals surface area contributed by atoms with Crippen molar-refractivity contribution in [2.45, 2.75) is 84.0 Å². The number of rotatable bonds is 4. The fourth-order valence-electron chi connectivity index (χ4n) is 6.15. The molecule has 5 unspecified atom stereocenters. The highest BCUT2D eigenvalue weighted by molar-refractivity contribution is 5.91. The van der Waals surface area contributed by atoms with Crippen molar-refractivity contribution in [3.8, 4) is 0 Å². The molecule has 1 N–H and O–H groups in total. The van der Waals surface area contributed by atoms with Gasteiger partial charge in [0.2, 0.25) is 5.91 Å². The van der Waals surface area contributed by atoms with E-state index in [0.29, 0.717) is 6.54 Å². The summed E-state index contributed by atoms with van der Waals surface area (Å²) in [5.41, 5.74) is 0. The van der Waals surface area contributed by atoms with Gasteiger partial charge in [0.15, 0.2) is 5.78 Å². The molecular weight excluding hydrogens is 354 g/mol. The third kappa shape index (κ3) is 3.90. The standard InChI is InChI=1S/C22H37N3O3/c1-5-18-14(2)22(28)19-9-7-11-25(19)20(27)12-23-15(3)21(18)16(4)24-10-6-8-17(24)13-26/h13-19,21,23H,5-12H2,1-4H3/t14?,15?,16?,17-,18?,19-,21?/m0/s1. The molecule has 0 aromatic heterocycles. The second kappa shape index (κ2) is 9.04. The van der Waals surface area contributed by atoms with E-state index in [-0.39, 0.29) is 60.2 Å². The molecule has 1 amide bonds. The Bertz CT molecular complexity index is 596. The zero-order valence-corrected chi connectivity index (χ0v) is 17.9. The number of aldehydes is 1. The number of likely N-dealkylation sites (tertiary alicyclic amines) is 1. The Balaban J connectivity index is 1.92. The van der Waals surface area contributed by atoms with Gasteiger partial charge < -0.3 is 15.0 Å². The van der Waals surface area contributed by atoms with Gasteiger partial charge in [0.25, 0.3) is 0 Å². The molecule has 0 aliphatic carbocycles. The number of Topliss-reactive ketones (excluding diaryl/α,β-unsaturated/α-hetero) is 1. The van der Waals surface area contributed by atoms with E-state index in [9.17, 15) is 14.4 Å². The predicted molar refractivity (Wildman–Crippen MR) is 109 cm³/mol. The van der Waals surface area contributed by atoms with Crippen LogP contribution in [0.1, 0.15) is 59.8 Å². The van der Waals surface area contributed by atoms with Gasteiger partial charge in [0, 0.05) is 24.5 Å². The number of hydrogen-bond donors (Lipinski definition) is 1. The minimum absolute atomic E-state index is 0.0203. The highest BCUT2D eigenvalue weighted by atomic mass is 16.2. The van der Waals surface area contributed by atoms with E-state index in [1.165, 1.54) is 0 Å². The van der Waals surface area contributed by atoms with Crippen molar-refractivity contribution in [2.24, 2.45) is 17.8 Å². The maximum absolute atomic E-state index is 13.4. The number of ketones is 1. The summed E-state index contributed by atoms with van der Waals surface area (Å²) >= 11 is 0. The van der Waals surface area contributed by atoms with Gasteiger partial charge in [-0.25, -0.2) is 0 Å². The first-order valence-corrected chi connectivity index (χ1v) is 11.2. The number of hydrogen-bond acceptors (Lipinski definition) is 5. The van der Waals surface area contributed by atoms with E-state index >= 15 is 0 Å². The Labute approximate surface area is 169 Å². The van der Waals surface area contributed by atoms with Gasteiger partial charge in [0.1, 0.15) is 6.29 Å². The number of fused-ring (bicyclic) bond motifs is 1. The first kappa shape index (κ1) is 21.4. The molecule has 3 aliphatic rings. The van der Waals surface area contributed by atoms with Gasteiger partial charge >= 0.3 is 0 Å². The third-order valence-corrected chi connectivity index (χ3v) is 7.69. The number of carbonyl (C=O) groups is 3. The van der Waals surface area contributed by atoms with Crippen molar-refractivity contribution in [3.05, 3.63) is 0 Å². The van der Waals surface area contributed by atoms with E-state index in [0.717, 1.165) is 44.9 Å². The Morgan fingerprint density at radius 3 is 2.57 bits per heavy atom.